The number of aromatic nitrogens is 2. The van der Waals surface area contributed by atoms with Crippen LogP contribution in [0.15, 0.2) is 77.0 Å². The molecule has 2 heterocycles. The number of carbonyl (C=O) groups excluding carboxylic acids is 1. The van der Waals surface area contributed by atoms with Crippen molar-refractivity contribution in [1.29, 1.82) is 0 Å². The summed E-state index contributed by atoms with van der Waals surface area (Å²) in [7, 11) is 1.43. The lowest BCUT2D eigenvalue weighted by Gasteiger charge is -2.35. The number of hydrogen-bond acceptors (Lipinski definition) is 6. The Bertz CT molecular complexity index is 1470. The number of phenols is 1. The first kappa shape index (κ1) is 23.0. The average molecular weight is 490 g/mol. The number of urea groups is 1. The van der Waals surface area contributed by atoms with Crippen molar-refractivity contribution in [1.82, 2.24) is 15.5 Å². The van der Waals surface area contributed by atoms with Crippen molar-refractivity contribution in [2.75, 3.05) is 12.0 Å². The highest BCUT2D eigenvalue weighted by Gasteiger charge is 2.37. The van der Waals surface area contributed by atoms with Crippen LogP contribution < -0.4 is 15.0 Å². The van der Waals surface area contributed by atoms with Crippen molar-refractivity contribution in [3.63, 3.8) is 0 Å². The van der Waals surface area contributed by atoms with Gasteiger partial charge in [0, 0.05) is 11.3 Å². The summed E-state index contributed by atoms with van der Waals surface area (Å²) in [4.78, 5) is 19.1. The van der Waals surface area contributed by atoms with Crippen molar-refractivity contribution in [3.8, 4) is 22.9 Å². The van der Waals surface area contributed by atoms with Gasteiger partial charge in [-0.1, -0.05) is 11.2 Å². The number of rotatable bonds is 5. The van der Waals surface area contributed by atoms with Crippen molar-refractivity contribution >= 4 is 17.3 Å². The van der Waals surface area contributed by atoms with Crippen LogP contribution in [0.3, 0.4) is 0 Å². The van der Waals surface area contributed by atoms with Crippen molar-refractivity contribution in [2.24, 2.45) is 0 Å². The average Bonchev–Trinajstić information content (AvgIpc) is 3.35. The van der Waals surface area contributed by atoms with Crippen LogP contribution in [0.4, 0.5) is 19.3 Å². The van der Waals surface area contributed by atoms with Crippen LogP contribution in [0.1, 0.15) is 24.4 Å². The second-order valence-corrected chi connectivity index (χ2v) is 8.05. The molecular weight excluding hydrogens is 470 g/mol. The van der Waals surface area contributed by atoms with Gasteiger partial charge in [-0.05, 0) is 73.2 Å². The van der Waals surface area contributed by atoms with Crippen LogP contribution in [-0.2, 0) is 0 Å². The van der Waals surface area contributed by atoms with Gasteiger partial charge >= 0.3 is 6.03 Å². The third kappa shape index (κ3) is 4.13. The monoisotopic (exact) mass is 490 g/mol. The summed E-state index contributed by atoms with van der Waals surface area (Å²) < 4.78 is 37.6. The van der Waals surface area contributed by atoms with E-state index in [1.165, 1.54) is 66.6 Å². The van der Waals surface area contributed by atoms with Crippen molar-refractivity contribution in [3.05, 3.63) is 95.5 Å². The Hall–Kier alpha value is -4.73. The summed E-state index contributed by atoms with van der Waals surface area (Å²) in [6.07, 6.45) is 0. The normalized spacial score (nSPS) is 15.7. The first-order valence-corrected chi connectivity index (χ1v) is 10.9. The smallest absolute Gasteiger partial charge is 0.326 e. The molecule has 1 aliphatic rings. The largest absolute Gasteiger partial charge is 0.504 e. The summed E-state index contributed by atoms with van der Waals surface area (Å²) >= 11 is 0. The molecule has 10 heteroatoms. The minimum atomic E-state index is -0.771. The van der Waals surface area contributed by atoms with Crippen molar-refractivity contribution < 1.29 is 27.9 Å². The SMILES string of the molecule is COc1ccc(C2NC(=O)N(c3ccc(F)cc3)C(C)=C2c2nc(-c3ccc(F)cc3)no2)cc1O. The molecule has 36 heavy (non-hydrogen) atoms. The van der Waals surface area contributed by atoms with E-state index in [1.54, 1.807) is 19.1 Å². The predicted octanol–water partition coefficient (Wildman–Crippen LogP) is 5.43. The first-order chi connectivity index (χ1) is 17.4. The molecule has 0 bridgehead atoms. The highest BCUT2D eigenvalue weighted by molar-refractivity contribution is 6.01. The molecule has 1 aliphatic heterocycles. The van der Waals surface area contributed by atoms with Crippen LogP contribution in [-0.4, -0.2) is 28.4 Å². The van der Waals surface area contributed by atoms with E-state index in [0.29, 0.717) is 28.1 Å². The molecule has 5 rings (SSSR count). The second-order valence-electron chi connectivity index (χ2n) is 8.05. The van der Waals surface area contributed by atoms with Crippen molar-refractivity contribution in [2.45, 2.75) is 13.0 Å². The minimum Gasteiger partial charge on any atom is -0.504 e. The number of nitrogens with zero attached hydrogens (tertiary/aromatic N) is 3. The summed E-state index contributed by atoms with van der Waals surface area (Å²) in [6.45, 7) is 1.70. The van der Waals surface area contributed by atoms with Crippen LogP contribution in [0.5, 0.6) is 11.5 Å². The molecule has 3 aromatic carbocycles. The zero-order valence-corrected chi connectivity index (χ0v) is 19.2. The van der Waals surface area contributed by atoms with E-state index in [2.05, 4.69) is 15.5 Å². The quantitative estimate of drug-likeness (QED) is 0.387. The Morgan fingerprint density at radius 2 is 1.69 bits per heavy atom. The topological polar surface area (TPSA) is 101 Å². The highest BCUT2D eigenvalue weighted by Crippen LogP contribution is 2.41. The summed E-state index contributed by atoms with van der Waals surface area (Å²) in [5.41, 5.74) is 2.43. The number of nitrogens with one attached hydrogen (secondary N) is 1. The third-order valence-electron chi connectivity index (χ3n) is 5.86. The molecule has 0 saturated heterocycles. The predicted molar refractivity (Wildman–Crippen MR) is 127 cm³/mol. The first-order valence-electron chi connectivity index (χ1n) is 10.9. The highest BCUT2D eigenvalue weighted by atomic mass is 19.1. The van der Waals surface area contributed by atoms with E-state index in [-0.39, 0.29) is 23.2 Å². The maximum absolute atomic E-state index is 13.5. The number of halogens is 2. The van der Waals surface area contributed by atoms with Crippen LogP contribution in [0.25, 0.3) is 17.0 Å². The molecule has 2 N–H and O–H groups in total. The number of benzene rings is 3. The van der Waals surface area contributed by atoms with Gasteiger partial charge in [0.15, 0.2) is 11.5 Å². The molecule has 2 amide bonds. The minimum absolute atomic E-state index is 0.110. The number of anilines is 1. The van der Waals surface area contributed by atoms with E-state index in [1.807, 2.05) is 0 Å². The van der Waals surface area contributed by atoms with E-state index in [4.69, 9.17) is 9.26 Å². The van der Waals surface area contributed by atoms with Gasteiger partial charge in [-0.15, -0.1) is 0 Å². The Kier molecular flexibility index (Phi) is 5.85. The molecule has 0 radical (unpaired) electrons. The summed E-state index contributed by atoms with van der Waals surface area (Å²) in [5.74, 6) is -0.339. The zero-order valence-electron chi connectivity index (χ0n) is 19.2. The number of phenolic OH excluding ortho intramolecular Hbond substituents is 1. The maximum Gasteiger partial charge on any atom is 0.326 e. The number of allylic oxidation sites excluding steroid dienone is 1. The van der Waals surface area contributed by atoms with Gasteiger partial charge in [0.1, 0.15) is 11.6 Å². The van der Waals surface area contributed by atoms with E-state index in [9.17, 15) is 18.7 Å². The number of ether oxygens (including phenoxy) is 1. The Morgan fingerprint density at radius 1 is 1.03 bits per heavy atom. The van der Waals surface area contributed by atoms with Gasteiger partial charge in [-0.25, -0.2) is 13.6 Å². The number of carbonyl (C=O) groups is 1. The number of methoxy groups -OCH3 is 1. The molecule has 1 unspecified atom stereocenters. The molecule has 0 spiro atoms. The fraction of sp³-hybridized carbons (Fsp3) is 0.115. The van der Waals surface area contributed by atoms with Gasteiger partial charge < -0.3 is 19.7 Å². The second kappa shape index (κ2) is 9.14. The summed E-state index contributed by atoms with van der Waals surface area (Å²) in [6, 6.07) is 14.6. The standard InChI is InChI=1S/C26H20F2N4O4/c1-14-22(25-30-24(31-36-25)15-3-6-17(27)7-4-15)23(16-5-12-21(35-2)20(33)13-16)29-26(34)32(14)19-10-8-18(28)9-11-19/h3-13,23,33H,1-2H3,(H,29,34). The molecule has 0 aliphatic carbocycles. The van der Waals surface area contributed by atoms with E-state index < -0.39 is 23.7 Å². The molecule has 182 valence electrons. The lowest BCUT2D eigenvalue weighted by Crippen LogP contribution is -2.46. The molecule has 1 atom stereocenters. The zero-order chi connectivity index (χ0) is 25.4. The maximum atomic E-state index is 13.5. The molecule has 0 saturated carbocycles. The van der Waals surface area contributed by atoms with Gasteiger partial charge in [-0.2, -0.15) is 4.98 Å². The Balaban J connectivity index is 1.65. The molecule has 1 aromatic heterocycles. The molecule has 0 fully saturated rings. The van der Waals surface area contributed by atoms with Crippen LogP contribution in [0.2, 0.25) is 0 Å². The molecule has 8 nitrogen and oxygen atoms in total. The van der Waals surface area contributed by atoms with Gasteiger partial charge in [-0.3, -0.25) is 4.90 Å². The Morgan fingerprint density at radius 3 is 2.33 bits per heavy atom. The number of aromatic hydroxyl groups is 1. The van der Waals surface area contributed by atoms with Gasteiger partial charge in [0.25, 0.3) is 5.89 Å². The van der Waals surface area contributed by atoms with E-state index >= 15 is 0 Å². The molecule has 4 aromatic rings. The lowest BCUT2D eigenvalue weighted by molar-refractivity contribution is 0.244. The van der Waals surface area contributed by atoms with E-state index in [0.717, 1.165) is 0 Å². The fourth-order valence-corrected chi connectivity index (χ4v) is 4.11. The third-order valence-corrected chi connectivity index (χ3v) is 5.86. The lowest BCUT2D eigenvalue weighted by atomic mass is 9.94. The molecular formula is C26H20F2N4O4. The number of amides is 2. The Labute approximate surface area is 204 Å². The summed E-state index contributed by atoms with van der Waals surface area (Å²) in [5, 5.41) is 17.3. The van der Waals surface area contributed by atoms with Crippen LogP contribution in [0, 0.1) is 11.6 Å². The van der Waals surface area contributed by atoms with Crippen LogP contribution >= 0.6 is 0 Å². The fourth-order valence-electron chi connectivity index (χ4n) is 4.11. The van der Waals surface area contributed by atoms with Gasteiger partial charge in [0.05, 0.1) is 24.4 Å². The number of hydrogen-bond donors (Lipinski definition) is 2. The van der Waals surface area contributed by atoms with Gasteiger partial charge in [0.2, 0.25) is 5.82 Å².